The van der Waals surface area contributed by atoms with E-state index in [4.69, 9.17) is 4.42 Å². The summed E-state index contributed by atoms with van der Waals surface area (Å²) in [4.78, 5) is 11.4. The predicted molar refractivity (Wildman–Crippen MR) is 108 cm³/mol. The zero-order valence-corrected chi connectivity index (χ0v) is 17.3. The monoisotopic (exact) mass is 402 g/mol. The Labute approximate surface area is 172 Å². The van der Waals surface area contributed by atoms with Crippen LogP contribution in [0.25, 0.3) is 0 Å². The molecule has 0 amide bonds. The van der Waals surface area contributed by atoms with Gasteiger partial charge >= 0.3 is 5.63 Å². The third-order valence-electron chi connectivity index (χ3n) is 9.94. The summed E-state index contributed by atoms with van der Waals surface area (Å²) in [6.07, 6.45) is 9.36. The lowest BCUT2D eigenvalue weighted by molar-refractivity contribution is -0.217. The van der Waals surface area contributed by atoms with Crippen LogP contribution in [0.4, 0.5) is 0 Å². The highest BCUT2D eigenvalue weighted by molar-refractivity contribution is 5.27. The fraction of sp³-hybridized carbons (Fsp3) is 0.792. The molecule has 5 heteroatoms. The van der Waals surface area contributed by atoms with Crippen molar-refractivity contribution in [3.63, 3.8) is 0 Å². The number of rotatable bonds is 2. The van der Waals surface area contributed by atoms with Crippen molar-refractivity contribution in [1.82, 2.24) is 0 Å². The quantitative estimate of drug-likeness (QED) is 0.707. The van der Waals surface area contributed by atoms with E-state index in [2.05, 4.69) is 6.92 Å². The molecule has 0 spiro atoms. The Morgan fingerprint density at radius 2 is 1.90 bits per heavy atom. The maximum Gasteiger partial charge on any atom is 0.335 e. The molecule has 1 heterocycles. The van der Waals surface area contributed by atoms with Gasteiger partial charge in [0.2, 0.25) is 0 Å². The van der Waals surface area contributed by atoms with E-state index in [0.717, 1.165) is 63.4 Å². The smallest absolute Gasteiger partial charge is 0.335 e. The average Bonchev–Trinajstić information content (AvgIpc) is 3.00. The summed E-state index contributed by atoms with van der Waals surface area (Å²) in [6.45, 7) is 2.40. The van der Waals surface area contributed by atoms with Crippen LogP contribution in [-0.2, 0) is 0 Å². The van der Waals surface area contributed by atoms with Gasteiger partial charge < -0.3 is 19.7 Å². The molecule has 3 N–H and O–H groups in total. The van der Waals surface area contributed by atoms with Gasteiger partial charge in [-0.15, -0.1) is 0 Å². The van der Waals surface area contributed by atoms with Crippen LogP contribution in [0, 0.1) is 28.6 Å². The SMILES string of the molecule is CC12CCC3C(CCC4CC(O)CCC43CO)C1(O)CCC2c1ccc(=O)oc1. The number of hydrogen-bond acceptors (Lipinski definition) is 5. The van der Waals surface area contributed by atoms with Crippen molar-refractivity contribution < 1.29 is 19.7 Å². The zero-order valence-electron chi connectivity index (χ0n) is 17.3. The lowest BCUT2D eigenvalue weighted by atomic mass is 9.43. The Bertz CT molecular complexity index is 814. The Hall–Kier alpha value is -1.17. The van der Waals surface area contributed by atoms with Gasteiger partial charge in [-0.1, -0.05) is 6.92 Å². The van der Waals surface area contributed by atoms with Crippen molar-refractivity contribution in [1.29, 1.82) is 0 Å². The molecule has 5 rings (SSSR count). The van der Waals surface area contributed by atoms with Crippen LogP contribution in [0.2, 0.25) is 0 Å². The minimum Gasteiger partial charge on any atom is -0.431 e. The average molecular weight is 403 g/mol. The molecule has 4 fully saturated rings. The minimum atomic E-state index is -0.750. The Kier molecular flexibility index (Phi) is 4.54. The molecule has 4 saturated carbocycles. The van der Waals surface area contributed by atoms with E-state index < -0.39 is 5.60 Å². The third-order valence-corrected chi connectivity index (χ3v) is 9.94. The molecule has 4 aliphatic carbocycles. The number of aliphatic hydroxyl groups excluding tert-OH is 2. The van der Waals surface area contributed by atoms with E-state index in [-0.39, 0.29) is 41.0 Å². The van der Waals surface area contributed by atoms with Gasteiger partial charge in [0.1, 0.15) is 0 Å². The first-order valence-electron chi connectivity index (χ1n) is 11.4. The molecule has 0 saturated heterocycles. The minimum absolute atomic E-state index is 0.142. The number of aliphatic hydroxyl groups is 3. The van der Waals surface area contributed by atoms with Crippen LogP contribution in [0.5, 0.6) is 0 Å². The maximum absolute atomic E-state index is 12.2. The highest BCUT2D eigenvalue weighted by atomic mass is 16.4. The standard InChI is InChI=1S/C24H34O5/c1-22-9-7-19-20(4-3-16-12-17(26)6-10-23(16,19)14-25)24(22,28)11-8-18(22)15-2-5-21(27)29-13-15/h2,5,13,16-20,25-26,28H,3-4,6-12,14H2,1H3. The Morgan fingerprint density at radius 1 is 1.07 bits per heavy atom. The molecular weight excluding hydrogens is 368 g/mol. The molecule has 8 unspecified atom stereocenters. The molecule has 5 nitrogen and oxygen atoms in total. The van der Waals surface area contributed by atoms with Gasteiger partial charge in [0, 0.05) is 18.1 Å². The van der Waals surface area contributed by atoms with E-state index in [1.807, 2.05) is 6.07 Å². The summed E-state index contributed by atoms with van der Waals surface area (Å²) < 4.78 is 5.16. The maximum atomic E-state index is 12.2. The van der Waals surface area contributed by atoms with Crippen LogP contribution < -0.4 is 5.63 Å². The van der Waals surface area contributed by atoms with Gasteiger partial charge in [-0.3, -0.25) is 0 Å². The molecule has 0 aliphatic heterocycles. The van der Waals surface area contributed by atoms with Gasteiger partial charge in [0.25, 0.3) is 0 Å². The van der Waals surface area contributed by atoms with Crippen LogP contribution in [0.3, 0.4) is 0 Å². The van der Waals surface area contributed by atoms with E-state index in [1.165, 1.54) is 6.07 Å². The first kappa shape index (κ1) is 19.8. The van der Waals surface area contributed by atoms with Crippen LogP contribution >= 0.6 is 0 Å². The van der Waals surface area contributed by atoms with E-state index in [9.17, 15) is 20.1 Å². The van der Waals surface area contributed by atoms with Crippen molar-refractivity contribution in [3.8, 4) is 0 Å². The fourth-order valence-electron chi connectivity index (χ4n) is 8.41. The highest BCUT2D eigenvalue weighted by Gasteiger charge is 2.68. The highest BCUT2D eigenvalue weighted by Crippen LogP contribution is 2.70. The van der Waals surface area contributed by atoms with Crippen molar-refractivity contribution in [2.75, 3.05) is 6.61 Å². The lowest BCUT2D eigenvalue weighted by Crippen LogP contribution is -2.63. The summed E-state index contributed by atoms with van der Waals surface area (Å²) in [7, 11) is 0. The summed E-state index contributed by atoms with van der Waals surface area (Å²) in [6, 6.07) is 3.36. The largest absolute Gasteiger partial charge is 0.431 e. The first-order valence-corrected chi connectivity index (χ1v) is 11.4. The summed E-state index contributed by atoms with van der Waals surface area (Å²) in [5, 5.41) is 32.9. The second-order valence-corrected chi connectivity index (χ2v) is 10.7. The van der Waals surface area contributed by atoms with Crippen molar-refractivity contribution >= 4 is 0 Å². The van der Waals surface area contributed by atoms with E-state index in [1.54, 1.807) is 6.26 Å². The van der Waals surface area contributed by atoms with Crippen molar-refractivity contribution in [2.24, 2.45) is 28.6 Å². The fourth-order valence-corrected chi connectivity index (χ4v) is 8.41. The topological polar surface area (TPSA) is 90.9 Å². The van der Waals surface area contributed by atoms with Gasteiger partial charge in [0.05, 0.1) is 18.0 Å². The number of hydrogen-bond donors (Lipinski definition) is 3. The molecule has 0 bridgehead atoms. The predicted octanol–water partition coefficient (Wildman–Crippen LogP) is 3.21. The molecule has 160 valence electrons. The van der Waals surface area contributed by atoms with Crippen LogP contribution in [0.15, 0.2) is 27.6 Å². The summed E-state index contributed by atoms with van der Waals surface area (Å²) >= 11 is 0. The molecule has 8 atom stereocenters. The Balaban J connectivity index is 1.50. The van der Waals surface area contributed by atoms with Crippen molar-refractivity contribution in [3.05, 3.63) is 34.4 Å². The molecular formula is C24H34O5. The van der Waals surface area contributed by atoms with E-state index in [0.29, 0.717) is 11.8 Å². The Morgan fingerprint density at radius 3 is 2.62 bits per heavy atom. The first-order chi connectivity index (χ1) is 13.8. The summed E-state index contributed by atoms with van der Waals surface area (Å²) in [5.74, 6) is 1.07. The zero-order chi connectivity index (χ0) is 20.4. The molecule has 1 aromatic heterocycles. The second-order valence-electron chi connectivity index (χ2n) is 10.7. The number of fused-ring (bicyclic) bond motifs is 5. The van der Waals surface area contributed by atoms with Crippen molar-refractivity contribution in [2.45, 2.75) is 82.3 Å². The van der Waals surface area contributed by atoms with Crippen LogP contribution in [0.1, 0.15) is 76.2 Å². The third kappa shape index (κ3) is 2.60. The lowest BCUT2D eigenvalue weighted by Gasteiger charge is -2.64. The summed E-state index contributed by atoms with van der Waals surface area (Å²) in [5.41, 5.74) is -0.450. The van der Waals surface area contributed by atoms with E-state index >= 15 is 0 Å². The molecule has 0 radical (unpaired) electrons. The second kappa shape index (κ2) is 6.66. The molecule has 0 aromatic carbocycles. The van der Waals surface area contributed by atoms with Gasteiger partial charge in [-0.25, -0.2) is 4.79 Å². The molecule has 1 aromatic rings. The van der Waals surface area contributed by atoms with Gasteiger partial charge in [-0.2, -0.15) is 0 Å². The molecule has 4 aliphatic rings. The van der Waals surface area contributed by atoms with Gasteiger partial charge in [0.15, 0.2) is 0 Å². The van der Waals surface area contributed by atoms with Gasteiger partial charge in [-0.05, 0) is 98.5 Å². The molecule has 29 heavy (non-hydrogen) atoms. The van der Waals surface area contributed by atoms with Crippen LogP contribution in [-0.4, -0.2) is 33.6 Å². The normalized spacial score (nSPS) is 49.2.